The van der Waals surface area contributed by atoms with Gasteiger partial charge in [-0.1, -0.05) is 6.92 Å². The zero-order valence-electron chi connectivity index (χ0n) is 10.1. The van der Waals surface area contributed by atoms with Crippen molar-refractivity contribution in [1.29, 1.82) is 0 Å². The number of amides is 2. The molecule has 90 valence electrons. The third-order valence-electron chi connectivity index (χ3n) is 2.48. The van der Waals surface area contributed by atoms with Crippen LogP contribution in [-0.4, -0.2) is 35.5 Å². The van der Waals surface area contributed by atoms with E-state index < -0.39 is 0 Å². The second-order valence-electron chi connectivity index (χ2n) is 3.63. The Morgan fingerprint density at radius 1 is 1.56 bits per heavy atom. The van der Waals surface area contributed by atoms with E-state index in [4.69, 9.17) is 0 Å². The van der Waals surface area contributed by atoms with E-state index in [1.165, 1.54) is 0 Å². The van der Waals surface area contributed by atoms with Crippen LogP contribution in [0.25, 0.3) is 0 Å². The lowest BCUT2D eigenvalue weighted by atomic mass is 10.2. The van der Waals surface area contributed by atoms with Crippen molar-refractivity contribution in [2.45, 2.75) is 26.7 Å². The van der Waals surface area contributed by atoms with Crippen molar-refractivity contribution in [2.75, 3.05) is 19.6 Å². The Kier molecular flexibility index (Phi) is 5.25. The van der Waals surface area contributed by atoms with Crippen molar-refractivity contribution < 1.29 is 4.79 Å². The first kappa shape index (κ1) is 13.0. The fourth-order valence-electron chi connectivity index (χ4n) is 1.43. The number of nitrogens with one attached hydrogen (secondary N) is 1. The molecule has 1 atom stereocenters. The Morgan fingerprint density at radius 2 is 2.25 bits per heavy atom. The van der Waals surface area contributed by atoms with Crippen LogP contribution in [0.3, 0.4) is 0 Å². The van der Waals surface area contributed by atoms with Gasteiger partial charge >= 0.3 is 6.03 Å². The first-order chi connectivity index (χ1) is 7.69. The van der Waals surface area contributed by atoms with Crippen LogP contribution < -0.4 is 5.32 Å². The SMILES string of the molecule is CCN(CC)C(=O)NCC(C)c1nccs1. The predicted octanol–water partition coefficient (Wildman–Crippen LogP) is 2.30. The van der Waals surface area contributed by atoms with Gasteiger partial charge in [-0.15, -0.1) is 11.3 Å². The highest BCUT2D eigenvalue weighted by atomic mass is 32.1. The van der Waals surface area contributed by atoms with E-state index in [0.29, 0.717) is 6.54 Å². The molecule has 1 unspecified atom stereocenters. The van der Waals surface area contributed by atoms with Crippen molar-refractivity contribution in [3.63, 3.8) is 0 Å². The first-order valence-electron chi connectivity index (χ1n) is 5.61. The summed E-state index contributed by atoms with van der Waals surface area (Å²) in [6.45, 7) is 8.16. The number of hydrogen-bond acceptors (Lipinski definition) is 3. The maximum Gasteiger partial charge on any atom is 0.317 e. The fraction of sp³-hybridized carbons (Fsp3) is 0.636. The maximum atomic E-state index is 11.7. The summed E-state index contributed by atoms with van der Waals surface area (Å²) in [5, 5.41) is 5.95. The molecule has 0 radical (unpaired) electrons. The van der Waals surface area contributed by atoms with Gasteiger partial charge in [-0.25, -0.2) is 9.78 Å². The van der Waals surface area contributed by atoms with Crippen molar-refractivity contribution in [3.8, 4) is 0 Å². The van der Waals surface area contributed by atoms with Crippen LogP contribution in [0.4, 0.5) is 4.79 Å². The van der Waals surface area contributed by atoms with Crippen molar-refractivity contribution >= 4 is 17.4 Å². The average molecular weight is 241 g/mol. The minimum atomic E-state index is 0.00778. The molecule has 0 fully saturated rings. The van der Waals surface area contributed by atoms with Crippen molar-refractivity contribution in [1.82, 2.24) is 15.2 Å². The molecule has 1 aromatic heterocycles. The molecule has 0 saturated carbocycles. The number of urea groups is 1. The lowest BCUT2D eigenvalue weighted by molar-refractivity contribution is 0.203. The van der Waals surface area contributed by atoms with Gasteiger partial charge in [0.2, 0.25) is 0 Å². The molecule has 4 nitrogen and oxygen atoms in total. The third-order valence-corrected chi connectivity index (χ3v) is 3.49. The van der Waals surface area contributed by atoms with Crippen LogP contribution >= 0.6 is 11.3 Å². The quantitative estimate of drug-likeness (QED) is 0.859. The average Bonchev–Trinajstić information content (AvgIpc) is 2.81. The molecule has 16 heavy (non-hydrogen) atoms. The van der Waals surface area contributed by atoms with Crippen LogP contribution in [0.5, 0.6) is 0 Å². The fourth-order valence-corrected chi connectivity index (χ4v) is 2.13. The molecule has 1 N–H and O–H groups in total. The van der Waals surface area contributed by atoms with Gasteiger partial charge in [0.25, 0.3) is 0 Å². The molecule has 0 aliphatic heterocycles. The number of carbonyl (C=O) groups excluding carboxylic acids is 1. The van der Waals surface area contributed by atoms with Crippen LogP contribution in [0.15, 0.2) is 11.6 Å². The van der Waals surface area contributed by atoms with E-state index >= 15 is 0 Å². The standard InChI is InChI=1S/C11H19N3OS/c1-4-14(5-2)11(15)13-8-9(3)10-12-6-7-16-10/h6-7,9H,4-5,8H2,1-3H3,(H,13,15). The predicted molar refractivity (Wildman–Crippen MR) is 66.8 cm³/mol. The summed E-state index contributed by atoms with van der Waals surface area (Å²) in [6.07, 6.45) is 1.79. The van der Waals surface area contributed by atoms with Crippen molar-refractivity contribution in [3.05, 3.63) is 16.6 Å². The van der Waals surface area contributed by atoms with E-state index in [9.17, 15) is 4.79 Å². The molecule has 0 aromatic carbocycles. The number of carbonyl (C=O) groups is 1. The second-order valence-corrected chi connectivity index (χ2v) is 4.56. The molecule has 2 amide bonds. The Labute approximate surface area is 101 Å². The summed E-state index contributed by atoms with van der Waals surface area (Å²) in [7, 11) is 0. The number of hydrogen-bond donors (Lipinski definition) is 1. The van der Waals surface area contributed by atoms with E-state index in [1.807, 2.05) is 19.2 Å². The van der Waals surface area contributed by atoms with E-state index in [0.717, 1.165) is 18.1 Å². The molecule has 0 saturated heterocycles. The van der Waals surface area contributed by atoms with Gasteiger partial charge in [-0.05, 0) is 13.8 Å². The van der Waals surface area contributed by atoms with Gasteiger partial charge in [-0.2, -0.15) is 0 Å². The topological polar surface area (TPSA) is 45.2 Å². The lowest BCUT2D eigenvalue weighted by Gasteiger charge is -2.20. The number of aromatic nitrogens is 1. The monoisotopic (exact) mass is 241 g/mol. The molecule has 1 heterocycles. The normalized spacial score (nSPS) is 12.2. The Morgan fingerprint density at radius 3 is 2.75 bits per heavy atom. The van der Waals surface area contributed by atoms with E-state index in [2.05, 4.69) is 17.2 Å². The summed E-state index contributed by atoms with van der Waals surface area (Å²) >= 11 is 1.63. The van der Waals surface area contributed by atoms with Crippen LogP contribution in [-0.2, 0) is 0 Å². The second kappa shape index (κ2) is 6.48. The van der Waals surface area contributed by atoms with Gasteiger partial charge in [0.05, 0.1) is 5.01 Å². The zero-order valence-corrected chi connectivity index (χ0v) is 10.9. The lowest BCUT2D eigenvalue weighted by Crippen LogP contribution is -2.41. The molecule has 0 bridgehead atoms. The van der Waals surface area contributed by atoms with Crippen LogP contribution in [0, 0.1) is 0 Å². The third kappa shape index (κ3) is 3.48. The largest absolute Gasteiger partial charge is 0.337 e. The summed E-state index contributed by atoms with van der Waals surface area (Å²) < 4.78 is 0. The van der Waals surface area contributed by atoms with E-state index in [1.54, 1.807) is 22.4 Å². The molecule has 0 spiro atoms. The van der Waals surface area contributed by atoms with Gasteiger partial charge in [0.1, 0.15) is 0 Å². The van der Waals surface area contributed by atoms with Crippen LogP contribution in [0.2, 0.25) is 0 Å². The number of thiazole rings is 1. The minimum absolute atomic E-state index is 0.00778. The zero-order chi connectivity index (χ0) is 12.0. The highest BCUT2D eigenvalue weighted by Crippen LogP contribution is 2.16. The molecule has 0 aliphatic carbocycles. The summed E-state index contributed by atoms with van der Waals surface area (Å²) in [5.74, 6) is 0.277. The Bertz CT molecular complexity index is 309. The Hall–Kier alpha value is -1.10. The van der Waals surface area contributed by atoms with Crippen LogP contribution in [0.1, 0.15) is 31.7 Å². The minimum Gasteiger partial charge on any atom is -0.337 e. The first-order valence-corrected chi connectivity index (χ1v) is 6.49. The number of rotatable bonds is 5. The van der Waals surface area contributed by atoms with Crippen molar-refractivity contribution in [2.24, 2.45) is 0 Å². The highest BCUT2D eigenvalue weighted by molar-refractivity contribution is 7.09. The summed E-state index contributed by atoms with van der Waals surface area (Å²) in [4.78, 5) is 17.7. The molecule has 5 heteroatoms. The van der Waals surface area contributed by atoms with Gasteiger partial charge in [0.15, 0.2) is 0 Å². The number of nitrogens with zero attached hydrogens (tertiary/aromatic N) is 2. The Balaban J connectivity index is 2.37. The van der Waals surface area contributed by atoms with Gasteiger partial charge in [-0.3, -0.25) is 0 Å². The molecule has 0 aliphatic rings. The molecular formula is C11H19N3OS. The van der Waals surface area contributed by atoms with Gasteiger partial charge < -0.3 is 10.2 Å². The highest BCUT2D eigenvalue weighted by Gasteiger charge is 2.12. The summed E-state index contributed by atoms with van der Waals surface area (Å²) in [5.41, 5.74) is 0. The molecule has 1 aromatic rings. The van der Waals surface area contributed by atoms with E-state index in [-0.39, 0.29) is 11.9 Å². The smallest absolute Gasteiger partial charge is 0.317 e. The summed E-state index contributed by atoms with van der Waals surface area (Å²) in [6, 6.07) is 0.00778. The maximum absolute atomic E-state index is 11.7. The van der Waals surface area contributed by atoms with Gasteiger partial charge in [0, 0.05) is 37.1 Å². The molecular weight excluding hydrogens is 222 g/mol. The molecule has 1 rings (SSSR count).